The van der Waals surface area contributed by atoms with Gasteiger partial charge in [-0.15, -0.1) is 0 Å². The summed E-state index contributed by atoms with van der Waals surface area (Å²) in [4.78, 5) is 52.9. The Balaban J connectivity index is 1.66. The molecule has 1 aromatic heterocycles. The number of aromatic nitrogens is 1. The van der Waals surface area contributed by atoms with E-state index in [1.165, 1.54) is 6.20 Å². The van der Waals surface area contributed by atoms with Crippen LogP contribution < -0.4 is 10.6 Å². The van der Waals surface area contributed by atoms with Crippen molar-refractivity contribution < 1.29 is 29.4 Å². The maximum absolute atomic E-state index is 13.0. The third-order valence-electron chi connectivity index (χ3n) is 7.28. The highest BCUT2D eigenvalue weighted by molar-refractivity contribution is 6.33. The van der Waals surface area contributed by atoms with Crippen molar-refractivity contribution in [1.29, 1.82) is 0 Å². The Kier molecular flexibility index (Phi) is 7.50. The molecule has 0 bridgehead atoms. The van der Waals surface area contributed by atoms with Crippen LogP contribution in [0.15, 0.2) is 42.6 Å². The number of hydrogen-bond donors (Lipinski definition) is 4. The van der Waals surface area contributed by atoms with Crippen LogP contribution in [0.25, 0.3) is 0 Å². The van der Waals surface area contributed by atoms with Crippen LogP contribution in [0.1, 0.15) is 49.5 Å². The first-order valence-electron chi connectivity index (χ1n) is 11.1. The predicted molar refractivity (Wildman–Crippen MR) is 129 cm³/mol. The molecular weight excluding hydrogens is 474 g/mol. The van der Waals surface area contributed by atoms with E-state index in [2.05, 4.69) is 15.6 Å². The van der Waals surface area contributed by atoms with Crippen molar-refractivity contribution in [2.24, 2.45) is 16.7 Å². The topological polar surface area (TPSA) is 146 Å². The zero-order chi connectivity index (χ0) is 26.0. The Hall–Kier alpha value is -3.46. The van der Waals surface area contributed by atoms with Crippen LogP contribution in [0.5, 0.6) is 0 Å². The first kappa shape index (κ1) is 26.2. The van der Waals surface area contributed by atoms with E-state index < -0.39 is 46.5 Å². The highest BCUT2D eigenvalue weighted by atomic mass is 35.5. The molecule has 3 atom stereocenters. The number of carboxylic acid groups (broad SMARTS) is 2. The van der Waals surface area contributed by atoms with Crippen LogP contribution in [0, 0.1) is 16.7 Å². The fraction of sp³-hybridized carbons (Fsp3) is 0.400. The van der Waals surface area contributed by atoms with Crippen LogP contribution in [-0.2, 0) is 20.8 Å². The normalized spacial score (nSPS) is 21.7. The number of carboxylic acids is 2. The minimum Gasteiger partial charge on any atom is -0.481 e. The number of halogens is 1. The Labute approximate surface area is 207 Å². The molecule has 2 amide bonds. The van der Waals surface area contributed by atoms with E-state index in [9.17, 15) is 29.4 Å². The zero-order valence-electron chi connectivity index (χ0n) is 19.7. The first-order valence-corrected chi connectivity index (χ1v) is 11.5. The van der Waals surface area contributed by atoms with Crippen molar-refractivity contribution in [2.45, 2.75) is 46.1 Å². The Morgan fingerprint density at radius 1 is 1.11 bits per heavy atom. The second kappa shape index (κ2) is 10.0. The molecule has 2 aromatic rings. The van der Waals surface area contributed by atoms with Gasteiger partial charge < -0.3 is 20.8 Å². The van der Waals surface area contributed by atoms with Crippen LogP contribution in [0.2, 0.25) is 5.15 Å². The first-order chi connectivity index (χ1) is 16.4. The Morgan fingerprint density at radius 3 is 2.31 bits per heavy atom. The van der Waals surface area contributed by atoms with E-state index in [1.54, 1.807) is 57.2 Å². The van der Waals surface area contributed by atoms with Gasteiger partial charge in [0.2, 0.25) is 5.91 Å². The quantitative estimate of drug-likeness (QED) is 0.404. The molecule has 186 valence electrons. The molecule has 0 spiro atoms. The average molecular weight is 502 g/mol. The average Bonchev–Trinajstić information content (AvgIpc) is 3.04. The smallest absolute Gasteiger partial charge is 0.326 e. The summed E-state index contributed by atoms with van der Waals surface area (Å²) in [6, 6.07) is 8.51. The SMILES string of the molecule is CC1(C(=O)O)CCC(C(=O)N[C@@H](Cc2ccc(NC(=O)c3cccnc3Cl)cc2)C(=O)O)C1(C)C. The van der Waals surface area contributed by atoms with Crippen molar-refractivity contribution in [3.05, 3.63) is 58.9 Å². The molecular formula is C25H28ClN3O6. The van der Waals surface area contributed by atoms with Crippen LogP contribution >= 0.6 is 11.6 Å². The number of benzene rings is 1. The molecule has 1 heterocycles. The van der Waals surface area contributed by atoms with Gasteiger partial charge in [0.05, 0.1) is 11.0 Å². The summed E-state index contributed by atoms with van der Waals surface area (Å²) in [6.07, 6.45) is 2.20. The predicted octanol–water partition coefficient (Wildman–Crippen LogP) is 3.63. The number of anilines is 1. The minimum absolute atomic E-state index is 0.0209. The molecule has 1 fully saturated rings. The van der Waals surface area contributed by atoms with Gasteiger partial charge in [-0.3, -0.25) is 14.4 Å². The molecule has 3 rings (SSSR count). The lowest BCUT2D eigenvalue weighted by atomic mass is 9.65. The second-order valence-electron chi connectivity index (χ2n) is 9.55. The lowest BCUT2D eigenvalue weighted by Crippen LogP contribution is -2.49. The van der Waals surface area contributed by atoms with Crippen LogP contribution in [-0.4, -0.2) is 45.0 Å². The highest BCUT2D eigenvalue weighted by Gasteiger charge is 2.58. The van der Waals surface area contributed by atoms with Gasteiger partial charge in [0.15, 0.2) is 0 Å². The van der Waals surface area contributed by atoms with Gasteiger partial charge in [-0.1, -0.05) is 37.6 Å². The van der Waals surface area contributed by atoms with Crippen molar-refractivity contribution in [2.75, 3.05) is 5.32 Å². The number of carbonyl (C=O) groups is 4. The van der Waals surface area contributed by atoms with E-state index in [0.29, 0.717) is 24.1 Å². The molecule has 10 heteroatoms. The maximum Gasteiger partial charge on any atom is 0.326 e. The standard InChI is InChI=1S/C25H28ClN3O6/c1-24(2)17(10-11-25(24,3)23(34)35)21(31)29-18(22(32)33)13-14-6-8-15(9-7-14)28-20(30)16-5-4-12-27-19(16)26/h4-9,12,17-18H,10-11,13H2,1-3H3,(H,28,30)(H,29,31)(H,32,33)(H,34,35)/t17?,18-,25?/m0/s1. The molecule has 0 saturated heterocycles. The van der Waals surface area contributed by atoms with Crippen molar-refractivity contribution in [3.8, 4) is 0 Å². The molecule has 2 unspecified atom stereocenters. The molecule has 1 aromatic carbocycles. The molecule has 4 N–H and O–H groups in total. The van der Waals surface area contributed by atoms with E-state index in [4.69, 9.17) is 11.6 Å². The molecule has 35 heavy (non-hydrogen) atoms. The lowest BCUT2D eigenvalue weighted by Gasteiger charge is -2.38. The fourth-order valence-corrected chi connectivity index (χ4v) is 4.73. The van der Waals surface area contributed by atoms with Gasteiger partial charge in [-0.2, -0.15) is 0 Å². The highest BCUT2D eigenvalue weighted by Crippen LogP contribution is 2.56. The monoisotopic (exact) mass is 501 g/mol. The summed E-state index contributed by atoms with van der Waals surface area (Å²) >= 11 is 5.94. The number of nitrogens with one attached hydrogen (secondary N) is 2. The van der Waals surface area contributed by atoms with Gasteiger partial charge in [0, 0.05) is 24.2 Å². The lowest BCUT2D eigenvalue weighted by molar-refractivity contribution is -0.155. The largest absolute Gasteiger partial charge is 0.481 e. The van der Waals surface area contributed by atoms with Gasteiger partial charge in [0.1, 0.15) is 11.2 Å². The molecule has 0 radical (unpaired) electrons. The Morgan fingerprint density at radius 2 is 1.77 bits per heavy atom. The van der Waals surface area contributed by atoms with E-state index >= 15 is 0 Å². The van der Waals surface area contributed by atoms with E-state index in [1.807, 2.05) is 0 Å². The van der Waals surface area contributed by atoms with E-state index in [0.717, 1.165) is 0 Å². The summed E-state index contributed by atoms with van der Waals surface area (Å²) < 4.78 is 0. The molecule has 0 aliphatic heterocycles. The number of amides is 2. The number of hydrogen-bond acceptors (Lipinski definition) is 5. The van der Waals surface area contributed by atoms with Crippen LogP contribution in [0.4, 0.5) is 5.69 Å². The molecule has 1 saturated carbocycles. The third kappa shape index (κ3) is 5.30. The summed E-state index contributed by atoms with van der Waals surface area (Å²) in [6.45, 7) is 5.10. The number of aliphatic carboxylic acids is 2. The molecule has 1 aliphatic rings. The summed E-state index contributed by atoms with van der Waals surface area (Å²) in [5, 5.41) is 24.7. The van der Waals surface area contributed by atoms with Crippen molar-refractivity contribution in [3.63, 3.8) is 0 Å². The number of rotatable bonds is 8. The van der Waals surface area contributed by atoms with Gasteiger partial charge in [0.25, 0.3) is 5.91 Å². The molecule has 9 nitrogen and oxygen atoms in total. The van der Waals surface area contributed by atoms with Crippen molar-refractivity contribution in [1.82, 2.24) is 10.3 Å². The minimum atomic E-state index is -1.20. The number of pyridine rings is 1. The zero-order valence-corrected chi connectivity index (χ0v) is 20.4. The van der Waals surface area contributed by atoms with Crippen LogP contribution in [0.3, 0.4) is 0 Å². The summed E-state index contributed by atoms with van der Waals surface area (Å²) in [5.74, 6) is -3.68. The Bertz CT molecular complexity index is 1150. The van der Waals surface area contributed by atoms with Gasteiger partial charge in [-0.25, -0.2) is 9.78 Å². The van der Waals surface area contributed by atoms with Gasteiger partial charge >= 0.3 is 11.9 Å². The molecule has 1 aliphatic carbocycles. The third-order valence-corrected chi connectivity index (χ3v) is 7.59. The van der Waals surface area contributed by atoms with E-state index in [-0.39, 0.29) is 17.1 Å². The number of nitrogens with zero attached hydrogens (tertiary/aromatic N) is 1. The summed E-state index contributed by atoms with van der Waals surface area (Å²) in [7, 11) is 0. The summed E-state index contributed by atoms with van der Waals surface area (Å²) in [5.41, 5.74) is -0.580. The van der Waals surface area contributed by atoms with Gasteiger partial charge in [-0.05, 0) is 55.0 Å². The number of carbonyl (C=O) groups excluding carboxylic acids is 2. The second-order valence-corrected chi connectivity index (χ2v) is 9.90. The fourth-order valence-electron chi connectivity index (χ4n) is 4.53. The van der Waals surface area contributed by atoms with Crippen molar-refractivity contribution >= 4 is 41.0 Å². The maximum atomic E-state index is 13.0.